The van der Waals surface area contributed by atoms with E-state index in [9.17, 15) is 10.1 Å². The second kappa shape index (κ2) is 24.1. The number of thiophene rings is 3. The Balaban J connectivity index is 1.80. The molecule has 0 spiro atoms. The lowest BCUT2D eigenvalue weighted by Crippen LogP contribution is -2.07. The van der Waals surface area contributed by atoms with Gasteiger partial charge in [-0.3, -0.25) is 0 Å². The molecule has 3 aromatic heterocycles. The van der Waals surface area contributed by atoms with Gasteiger partial charge < -0.3 is 4.74 Å². The number of nitrogens with zero attached hydrogens (tertiary/aromatic N) is 1. The molecule has 3 heterocycles. The van der Waals surface area contributed by atoms with E-state index in [4.69, 9.17) is 4.74 Å². The molecule has 0 unspecified atom stereocenters. The van der Waals surface area contributed by atoms with Crippen molar-refractivity contribution in [2.24, 2.45) is 0 Å². The van der Waals surface area contributed by atoms with E-state index in [1.807, 2.05) is 22.7 Å². The first-order valence-corrected chi connectivity index (χ1v) is 22.0. The largest absolute Gasteiger partial charge is 0.462 e. The quantitative estimate of drug-likeness (QED) is 0.0359. The summed E-state index contributed by atoms with van der Waals surface area (Å²) in [5.41, 5.74) is 2.94. The number of esters is 1. The van der Waals surface area contributed by atoms with Crippen molar-refractivity contribution in [3.63, 3.8) is 0 Å². The average Bonchev–Trinajstić information content (AvgIpc) is 3.85. The molecule has 0 amide bonds. The van der Waals surface area contributed by atoms with Crippen LogP contribution >= 0.6 is 34.0 Å². The molecule has 0 fully saturated rings. The lowest BCUT2D eigenvalue weighted by molar-refractivity contribution is -0.138. The topological polar surface area (TPSA) is 50.1 Å². The molecule has 270 valence electrons. The fourth-order valence-corrected chi connectivity index (χ4v) is 9.89. The van der Waals surface area contributed by atoms with Crippen LogP contribution in [0.5, 0.6) is 0 Å². The molecule has 0 saturated heterocycles. The first-order chi connectivity index (χ1) is 23.9. The van der Waals surface area contributed by atoms with Crippen molar-refractivity contribution < 1.29 is 9.53 Å². The molecule has 0 aliphatic heterocycles. The molecule has 0 N–H and O–H groups in total. The third-order valence-electron chi connectivity index (χ3n) is 9.24. The molecule has 3 nitrogen and oxygen atoms in total. The summed E-state index contributed by atoms with van der Waals surface area (Å²) in [5.74, 6) is 0.0299. The van der Waals surface area contributed by atoms with Gasteiger partial charge in [0.15, 0.2) is 0 Å². The number of aryl methyl sites for hydroxylation is 2. The third-order valence-corrected chi connectivity index (χ3v) is 13.3. The van der Waals surface area contributed by atoms with E-state index >= 15 is 0 Å². The fourth-order valence-electron chi connectivity index (χ4n) is 6.22. The Labute approximate surface area is 311 Å². The fraction of sp³-hybridized carbons (Fsp3) is 0.628. The molecule has 3 rings (SSSR count). The highest BCUT2D eigenvalue weighted by atomic mass is 32.1. The van der Waals surface area contributed by atoms with Gasteiger partial charge in [-0.25, -0.2) is 4.79 Å². The van der Waals surface area contributed by atoms with E-state index in [2.05, 4.69) is 65.0 Å². The van der Waals surface area contributed by atoms with Gasteiger partial charge in [0.25, 0.3) is 0 Å². The van der Waals surface area contributed by atoms with Gasteiger partial charge in [-0.2, -0.15) is 5.26 Å². The van der Waals surface area contributed by atoms with Crippen molar-refractivity contribution in [2.45, 2.75) is 169 Å². The second-order valence-corrected chi connectivity index (χ2v) is 17.2. The van der Waals surface area contributed by atoms with Gasteiger partial charge in [0.2, 0.25) is 0 Å². The number of rotatable bonds is 26. The predicted octanol–water partition coefficient (Wildman–Crippen LogP) is 14.9. The Morgan fingerprint density at radius 2 is 1.18 bits per heavy atom. The summed E-state index contributed by atoms with van der Waals surface area (Å²) in [6.45, 7) is 11.7. The van der Waals surface area contributed by atoms with Crippen molar-refractivity contribution in [2.75, 3.05) is 6.61 Å². The summed E-state index contributed by atoms with van der Waals surface area (Å²) in [5, 5.41) is 9.90. The van der Waals surface area contributed by atoms with Crippen LogP contribution in [0.15, 0.2) is 29.8 Å². The first kappa shape index (κ1) is 41.2. The monoisotopic (exact) mass is 721 g/mol. The van der Waals surface area contributed by atoms with E-state index in [0.717, 1.165) is 37.0 Å². The maximum Gasteiger partial charge on any atom is 0.348 e. The van der Waals surface area contributed by atoms with Crippen LogP contribution in [-0.2, 0) is 22.4 Å². The van der Waals surface area contributed by atoms with Crippen LogP contribution in [-0.4, -0.2) is 12.6 Å². The molecule has 0 aliphatic rings. The highest BCUT2D eigenvalue weighted by Gasteiger charge is 2.19. The summed E-state index contributed by atoms with van der Waals surface area (Å²) in [7, 11) is 0. The predicted molar refractivity (Wildman–Crippen MR) is 217 cm³/mol. The number of hydrogen-bond donors (Lipinski definition) is 0. The Kier molecular flexibility index (Phi) is 20.2. The van der Waals surface area contributed by atoms with E-state index in [0.29, 0.717) is 12.5 Å². The van der Waals surface area contributed by atoms with Crippen LogP contribution in [0.4, 0.5) is 0 Å². The van der Waals surface area contributed by atoms with Gasteiger partial charge >= 0.3 is 5.97 Å². The summed E-state index contributed by atoms with van der Waals surface area (Å²) >= 11 is 5.59. The minimum Gasteiger partial charge on any atom is -0.462 e. The van der Waals surface area contributed by atoms with Crippen LogP contribution in [0.1, 0.15) is 177 Å². The van der Waals surface area contributed by atoms with Crippen LogP contribution in [0.3, 0.4) is 0 Å². The molecule has 3 aromatic rings. The Bertz CT molecular complexity index is 1430. The number of carbonyl (C=O) groups excluding carboxylic acids is 1. The summed E-state index contributed by atoms with van der Waals surface area (Å²) in [6, 6.07) is 11.4. The lowest BCUT2D eigenvalue weighted by atomic mass is 10.0. The summed E-state index contributed by atoms with van der Waals surface area (Å²) < 4.78 is 5.52. The van der Waals surface area contributed by atoms with Gasteiger partial charge in [0.05, 0.1) is 6.61 Å². The lowest BCUT2D eigenvalue weighted by Gasteiger charge is -2.04. The highest BCUT2D eigenvalue weighted by Crippen LogP contribution is 2.45. The number of nitriles is 1. The zero-order valence-corrected chi connectivity index (χ0v) is 33.8. The minimum absolute atomic E-state index is 0.0934. The molecule has 0 aliphatic carbocycles. The van der Waals surface area contributed by atoms with E-state index < -0.39 is 5.97 Å². The van der Waals surface area contributed by atoms with Crippen LogP contribution in [0.25, 0.3) is 25.6 Å². The number of ether oxygens (including phenoxy) is 1. The number of carbonyl (C=O) groups is 1. The van der Waals surface area contributed by atoms with Gasteiger partial charge in [0.1, 0.15) is 11.6 Å². The van der Waals surface area contributed by atoms with Gasteiger partial charge in [0, 0.05) is 29.3 Å². The average molecular weight is 722 g/mol. The molecule has 0 saturated carbocycles. The standard InChI is InChI=1S/C43H63NO2S3/c1-6-9-12-15-18-21-24-34-29-37(30-36(32-44)43(45)46-28-23-20-17-14-11-8-3)47-41(34)38-26-27-39(48-38)42-35(31-40(49-42)33(4)5)25-22-19-16-13-10-7-2/h26-27,29-31,33H,6-25,28H2,1-5H3/b36-30-. The van der Waals surface area contributed by atoms with Crippen molar-refractivity contribution >= 4 is 46.1 Å². The molecule has 49 heavy (non-hydrogen) atoms. The highest BCUT2D eigenvalue weighted by molar-refractivity contribution is 7.26. The van der Waals surface area contributed by atoms with Crippen LogP contribution in [0, 0.1) is 11.3 Å². The van der Waals surface area contributed by atoms with Gasteiger partial charge in [-0.05, 0) is 79.5 Å². The van der Waals surface area contributed by atoms with Crippen molar-refractivity contribution in [1.29, 1.82) is 5.26 Å². The zero-order valence-electron chi connectivity index (χ0n) is 31.3. The van der Waals surface area contributed by atoms with E-state index in [1.165, 1.54) is 132 Å². The molecular weight excluding hydrogens is 659 g/mol. The Morgan fingerprint density at radius 1 is 0.694 bits per heavy atom. The van der Waals surface area contributed by atoms with Crippen LogP contribution in [0.2, 0.25) is 0 Å². The first-order valence-electron chi connectivity index (χ1n) is 19.6. The maximum atomic E-state index is 12.9. The van der Waals surface area contributed by atoms with E-state index in [-0.39, 0.29) is 5.57 Å². The van der Waals surface area contributed by atoms with E-state index in [1.54, 1.807) is 17.4 Å². The van der Waals surface area contributed by atoms with Crippen molar-refractivity contribution in [1.82, 2.24) is 0 Å². The molecule has 0 atom stereocenters. The summed E-state index contributed by atoms with van der Waals surface area (Å²) in [4.78, 5) is 20.7. The Morgan fingerprint density at radius 3 is 1.71 bits per heavy atom. The van der Waals surface area contributed by atoms with Gasteiger partial charge in [-0.15, -0.1) is 34.0 Å². The normalized spacial score (nSPS) is 11.8. The second-order valence-electron chi connectivity index (χ2n) is 13.9. The molecule has 0 radical (unpaired) electrons. The molecule has 6 heteroatoms. The number of hydrogen-bond acceptors (Lipinski definition) is 6. The molecule has 0 bridgehead atoms. The molecular formula is C43H63NO2S3. The maximum absolute atomic E-state index is 12.9. The molecule has 0 aromatic carbocycles. The minimum atomic E-state index is -0.501. The number of unbranched alkanes of at least 4 members (excludes halogenated alkanes) is 15. The van der Waals surface area contributed by atoms with Crippen LogP contribution < -0.4 is 0 Å². The smallest absolute Gasteiger partial charge is 0.348 e. The van der Waals surface area contributed by atoms with Crippen molar-refractivity contribution in [3.05, 3.63) is 50.7 Å². The zero-order chi connectivity index (χ0) is 35.3. The van der Waals surface area contributed by atoms with Crippen molar-refractivity contribution in [3.8, 4) is 25.6 Å². The third kappa shape index (κ3) is 14.5. The SMILES string of the molecule is CCCCCCCCOC(=O)/C(C#N)=C\c1cc(CCCCCCCC)c(-c2ccc(-c3sc(C(C)C)cc3CCCCCCCC)s2)s1. The van der Waals surface area contributed by atoms with Gasteiger partial charge in [-0.1, -0.05) is 131 Å². The Hall–Kier alpha value is -2.20. The summed E-state index contributed by atoms with van der Waals surface area (Å²) in [6.07, 6.45) is 26.2.